The minimum Gasteiger partial charge on any atom is -0.493 e. The zero-order valence-electron chi connectivity index (χ0n) is 18.9. The maximum absolute atomic E-state index is 12.6. The van der Waals surface area contributed by atoms with E-state index in [0.717, 1.165) is 11.0 Å². The molecule has 0 aliphatic carbocycles. The summed E-state index contributed by atoms with van der Waals surface area (Å²) in [5.74, 6) is -1.96. The number of ether oxygens (including phenoxy) is 3. The second-order valence-corrected chi connectivity index (χ2v) is 8.41. The summed E-state index contributed by atoms with van der Waals surface area (Å²) in [4.78, 5) is 60.3. The van der Waals surface area contributed by atoms with Crippen molar-refractivity contribution in [2.24, 2.45) is 0 Å². The van der Waals surface area contributed by atoms with Crippen LogP contribution in [-0.2, 0) is 14.3 Å². The Morgan fingerprint density at radius 2 is 1.89 bits per heavy atom. The number of non-ortho nitro benzene ring substituents is 1. The molecule has 3 rings (SSSR count). The van der Waals surface area contributed by atoms with E-state index in [1.165, 1.54) is 49.6 Å². The molecule has 1 fully saturated rings. The van der Waals surface area contributed by atoms with Crippen molar-refractivity contribution in [2.75, 3.05) is 13.7 Å². The Balaban J connectivity index is 1.77. The van der Waals surface area contributed by atoms with Crippen LogP contribution < -0.4 is 9.47 Å². The van der Waals surface area contributed by atoms with E-state index < -0.39 is 34.6 Å². The number of carbonyl (C=O) groups excluding carboxylic acids is 4. The topological polar surface area (TPSA) is 142 Å². The van der Waals surface area contributed by atoms with Crippen molar-refractivity contribution in [3.63, 3.8) is 0 Å². The molecule has 0 aromatic heterocycles. The number of hydrogen-bond acceptors (Lipinski definition) is 10. The summed E-state index contributed by atoms with van der Waals surface area (Å²) in [6.45, 7) is 2.82. The van der Waals surface area contributed by atoms with Crippen molar-refractivity contribution in [1.82, 2.24) is 4.90 Å². The molecule has 0 radical (unpaired) electrons. The maximum atomic E-state index is 12.6. The van der Waals surface area contributed by atoms with Crippen molar-refractivity contribution in [2.45, 2.75) is 20.0 Å². The molecule has 0 spiro atoms. The highest BCUT2D eigenvalue weighted by molar-refractivity contribution is 8.18. The SMILES string of the molecule is COc1cc(/C=C2\SC(=O)N(CC(=O)OC(C)C)C2=O)ccc1OC(=O)c1cccc([N+](=O)[O-])c1. The van der Waals surface area contributed by atoms with Crippen molar-refractivity contribution in [3.05, 3.63) is 68.6 Å². The van der Waals surface area contributed by atoms with Crippen LogP contribution in [-0.4, -0.2) is 52.7 Å². The second kappa shape index (κ2) is 10.8. The average molecular weight is 500 g/mol. The summed E-state index contributed by atoms with van der Waals surface area (Å²) in [7, 11) is 1.35. The molecule has 11 nitrogen and oxygen atoms in total. The fourth-order valence-corrected chi connectivity index (χ4v) is 3.82. The second-order valence-electron chi connectivity index (χ2n) is 7.41. The Hall–Kier alpha value is -4.19. The van der Waals surface area contributed by atoms with Gasteiger partial charge < -0.3 is 14.2 Å². The number of esters is 2. The van der Waals surface area contributed by atoms with E-state index >= 15 is 0 Å². The van der Waals surface area contributed by atoms with Crippen molar-refractivity contribution in [3.8, 4) is 11.5 Å². The van der Waals surface area contributed by atoms with E-state index in [1.54, 1.807) is 13.8 Å². The van der Waals surface area contributed by atoms with Crippen molar-refractivity contribution >= 4 is 46.6 Å². The molecule has 0 saturated carbocycles. The molecule has 0 unspecified atom stereocenters. The van der Waals surface area contributed by atoms with Gasteiger partial charge in [-0.2, -0.15) is 0 Å². The van der Waals surface area contributed by atoms with Crippen LogP contribution in [0.3, 0.4) is 0 Å². The molecule has 182 valence electrons. The molecule has 1 aliphatic rings. The van der Waals surface area contributed by atoms with E-state index in [2.05, 4.69) is 0 Å². The summed E-state index contributed by atoms with van der Waals surface area (Å²) in [5, 5.41) is 10.3. The molecule has 1 aliphatic heterocycles. The summed E-state index contributed by atoms with van der Waals surface area (Å²) in [6.07, 6.45) is 1.06. The first-order chi connectivity index (χ1) is 16.6. The highest BCUT2D eigenvalue weighted by atomic mass is 32.2. The molecular weight excluding hydrogens is 480 g/mol. The summed E-state index contributed by atoms with van der Waals surface area (Å²) < 4.78 is 15.6. The predicted octanol–water partition coefficient (Wildman–Crippen LogP) is 3.81. The number of rotatable bonds is 8. The lowest BCUT2D eigenvalue weighted by molar-refractivity contribution is -0.384. The van der Waals surface area contributed by atoms with Gasteiger partial charge in [0.25, 0.3) is 16.8 Å². The smallest absolute Gasteiger partial charge is 0.343 e. The third kappa shape index (κ3) is 6.23. The third-order valence-corrected chi connectivity index (χ3v) is 5.42. The number of imide groups is 1. The van der Waals surface area contributed by atoms with Gasteiger partial charge in [0, 0.05) is 12.1 Å². The van der Waals surface area contributed by atoms with Crippen LogP contribution in [0.5, 0.6) is 11.5 Å². The number of nitro groups is 1. The van der Waals surface area contributed by atoms with Crippen LogP contribution in [0.15, 0.2) is 47.4 Å². The minimum absolute atomic E-state index is 0.0185. The minimum atomic E-state index is -0.825. The first-order valence-electron chi connectivity index (χ1n) is 10.2. The fraction of sp³-hybridized carbons (Fsp3) is 0.217. The van der Waals surface area contributed by atoms with Crippen LogP contribution in [0.2, 0.25) is 0 Å². The largest absolute Gasteiger partial charge is 0.493 e. The van der Waals surface area contributed by atoms with Crippen LogP contribution >= 0.6 is 11.8 Å². The number of nitrogens with zero attached hydrogens (tertiary/aromatic N) is 2. The molecule has 1 saturated heterocycles. The average Bonchev–Trinajstić information content (AvgIpc) is 3.06. The van der Waals surface area contributed by atoms with Gasteiger partial charge in [-0.1, -0.05) is 12.1 Å². The predicted molar refractivity (Wildman–Crippen MR) is 125 cm³/mol. The van der Waals surface area contributed by atoms with Crippen LogP contribution in [0.1, 0.15) is 29.8 Å². The number of amides is 2. The van der Waals surface area contributed by atoms with Gasteiger partial charge in [-0.25, -0.2) is 4.79 Å². The summed E-state index contributed by atoms with van der Waals surface area (Å²) in [5.41, 5.74) is 0.190. The highest BCUT2D eigenvalue weighted by Gasteiger charge is 2.36. The molecular formula is C23H20N2O9S. The van der Waals surface area contributed by atoms with E-state index in [1.807, 2.05) is 0 Å². The Bertz CT molecular complexity index is 1240. The van der Waals surface area contributed by atoms with Crippen LogP contribution in [0.4, 0.5) is 10.5 Å². The van der Waals surface area contributed by atoms with Gasteiger partial charge in [0.05, 0.1) is 28.6 Å². The number of methoxy groups -OCH3 is 1. The Morgan fingerprint density at radius 3 is 2.54 bits per heavy atom. The van der Waals surface area contributed by atoms with Crippen molar-refractivity contribution in [1.29, 1.82) is 0 Å². The first-order valence-corrected chi connectivity index (χ1v) is 11.0. The van der Waals surface area contributed by atoms with E-state index in [0.29, 0.717) is 17.3 Å². The van der Waals surface area contributed by atoms with Gasteiger partial charge in [-0.15, -0.1) is 0 Å². The van der Waals surface area contributed by atoms with Crippen LogP contribution in [0.25, 0.3) is 6.08 Å². The molecule has 1 heterocycles. The number of benzene rings is 2. The molecule has 2 aromatic carbocycles. The zero-order chi connectivity index (χ0) is 25.7. The fourth-order valence-electron chi connectivity index (χ4n) is 2.98. The normalized spacial score (nSPS) is 14.4. The van der Waals surface area contributed by atoms with E-state index in [4.69, 9.17) is 14.2 Å². The zero-order valence-corrected chi connectivity index (χ0v) is 19.7. The van der Waals surface area contributed by atoms with Crippen molar-refractivity contribution < 1.29 is 38.3 Å². The Labute approximate surface area is 203 Å². The van der Waals surface area contributed by atoms with Crippen LogP contribution in [0, 0.1) is 10.1 Å². The number of nitro benzene ring substituents is 1. The number of carbonyl (C=O) groups is 4. The van der Waals surface area contributed by atoms with Gasteiger partial charge in [-0.05, 0) is 55.4 Å². The van der Waals surface area contributed by atoms with E-state index in [9.17, 15) is 29.3 Å². The standard InChI is InChI=1S/C23H20N2O9S/c1-13(2)33-20(26)12-24-21(27)19(35-23(24)29)10-14-7-8-17(18(9-14)32-3)34-22(28)15-5-4-6-16(11-15)25(30)31/h4-11,13H,12H2,1-3H3/b19-10-. The van der Waals surface area contributed by atoms with Gasteiger partial charge in [0.15, 0.2) is 11.5 Å². The lowest BCUT2D eigenvalue weighted by Crippen LogP contribution is -2.35. The maximum Gasteiger partial charge on any atom is 0.343 e. The summed E-state index contributed by atoms with van der Waals surface area (Å²) in [6, 6.07) is 9.52. The lowest BCUT2D eigenvalue weighted by Gasteiger charge is -2.13. The molecule has 2 amide bonds. The van der Waals surface area contributed by atoms with Gasteiger partial charge in [0.1, 0.15) is 6.54 Å². The lowest BCUT2D eigenvalue weighted by atomic mass is 10.1. The first kappa shape index (κ1) is 25.4. The molecule has 0 N–H and O–H groups in total. The number of thioether (sulfide) groups is 1. The Morgan fingerprint density at radius 1 is 1.14 bits per heavy atom. The third-order valence-electron chi connectivity index (χ3n) is 4.51. The monoisotopic (exact) mass is 500 g/mol. The number of hydrogen-bond donors (Lipinski definition) is 0. The molecule has 12 heteroatoms. The van der Waals surface area contributed by atoms with Gasteiger partial charge in [-0.3, -0.25) is 29.4 Å². The molecule has 0 bridgehead atoms. The molecule has 35 heavy (non-hydrogen) atoms. The quantitative estimate of drug-likeness (QED) is 0.173. The van der Waals surface area contributed by atoms with Gasteiger partial charge >= 0.3 is 11.9 Å². The van der Waals surface area contributed by atoms with Gasteiger partial charge in [0.2, 0.25) is 0 Å². The highest BCUT2D eigenvalue weighted by Crippen LogP contribution is 2.35. The molecule has 2 aromatic rings. The van der Waals surface area contributed by atoms with E-state index in [-0.39, 0.29) is 33.8 Å². The summed E-state index contributed by atoms with van der Waals surface area (Å²) >= 11 is 0.676. The Kier molecular flexibility index (Phi) is 7.87. The molecule has 0 atom stereocenters.